The van der Waals surface area contributed by atoms with Crippen molar-refractivity contribution in [2.75, 3.05) is 21.3 Å². The van der Waals surface area contributed by atoms with Crippen molar-refractivity contribution < 1.29 is 28.2 Å². The quantitative estimate of drug-likeness (QED) is 0.380. The second-order valence-corrected chi connectivity index (χ2v) is 6.84. The number of ether oxygens (including phenoxy) is 4. The molecule has 4 rings (SSSR count). The first-order valence-electron chi connectivity index (χ1n) is 9.97. The third-order valence-corrected chi connectivity index (χ3v) is 5.05. The van der Waals surface area contributed by atoms with Crippen LogP contribution >= 0.6 is 0 Å². The number of hydrogen-bond donors (Lipinski definition) is 0. The van der Waals surface area contributed by atoms with Gasteiger partial charge in [-0.15, -0.1) is 10.2 Å². The molecule has 9 heteroatoms. The Bertz CT molecular complexity index is 1230. The van der Waals surface area contributed by atoms with Gasteiger partial charge in [-0.25, -0.2) is 4.79 Å². The fourth-order valence-corrected chi connectivity index (χ4v) is 3.51. The van der Waals surface area contributed by atoms with Crippen molar-refractivity contribution in [2.24, 2.45) is 0 Å². The third-order valence-electron chi connectivity index (χ3n) is 5.05. The highest BCUT2D eigenvalue weighted by atomic mass is 16.5. The van der Waals surface area contributed by atoms with Gasteiger partial charge in [0, 0.05) is 29.2 Å². The van der Waals surface area contributed by atoms with Gasteiger partial charge in [0.05, 0.1) is 26.9 Å². The minimum absolute atomic E-state index is 0.151. The molecule has 9 nitrogen and oxygen atoms in total. The highest BCUT2D eigenvalue weighted by Gasteiger charge is 2.19. The van der Waals surface area contributed by atoms with Crippen molar-refractivity contribution in [2.45, 2.75) is 20.1 Å². The number of para-hydroxylation sites is 1. The number of esters is 1. The van der Waals surface area contributed by atoms with Crippen LogP contribution in [0, 0.1) is 0 Å². The summed E-state index contributed by atoms with van der Waals surface area (Å²) in [6.45, 7) is 2.61. The molecule has 0 fully saturated rings. The maximum atomic E-state index is 12.7. The Morgan fingerprint density at radius 1 is 1.03 bits per heavy atom. The van der Waals surface area contributed by atoms with Gasteiger partial charge in [-0.2, -0.15) is 0 Å². The van der Waals surface area contributed by atoms with Crippen molar-refractivity contribution in [3.63, 3.8) is 0 Å². The van der Waals surface area contributed by atoms with E-state index in [1.54, 1.807) is 18.3 Å². The van der Waals surface area contributed by atoms with Crippen LogP contribution in [0.25, 0.3) is 22.4 Å². The van der Waals surface area contributed by atoms with E-state index in [4.69, 9.17) is 23.4 Å². The van der Waals surface area contributed by atoms with E-state index in [-0.39, 0.29) is 18.4 Å². The van der Waals surface area contributed by atoms with Gasteiger partial charge >= 0.3 is 5.97 Å². The summed E-state index contributed by atoms with van der Waals surface area (Å²) in [5, 5.41) is 8.87. The molecule has 32 heavy (non-hydrogen) atoms. The number of aromatic nitrogens is 3. The van der Waals surface area contributed by atoms with Crippen molar-refractivity contribution in [3.8, 4) is 28.7 Å². The highest BCUT2D eigenvalue weighted by molar-refractivity contribution is 6.04. The Morgan fingerprint density at radius 3 is 2.41 bits per heavy atom. The van der Waals surface area contributed by atoms with E-state index in [9.17, 15) is 4.79 Å². The zero-order valence-electron chi connectivity index (χ0n) is 18.2. The number of carbonyl (C=O) groups excluding carboxylic acids is 1. The van der Waals surface area contributed by atoms with Gasteiger partial charge in [0.2, 0.25) is 11.6 Å². The third kappa shape index (κ3) is 3.84. The Kier molecular flexibility index (Phi) is 5.98. The molecule has 4 aromatic rings. The lowest BCUT2D eigenvalue weighted by Crippen LogP contribution is -2.05. The molecule has 0 aliphatic heterocycles. The largest absolute Gasteiger partial charge is 0.493 e. The molecule has 2 heterocycles. The van der Waals surface area contributed by atoms with Crippen molar-refractivity contribution >= 4 is 16.9 Å². The van der Waals surface area contributed by atoms with Crippen LogP contribution in [0.4, 0.5) is 0 Å². The minimum Gasteiger partial charge on any atom is -0.493 e. The lowest BCUT2D eigenvalue weighted by Gasteiger charge is -2.12. The van der Waals surface area contributed by atoms with Crippen molar-refractivity contribution in [3.05, 3.63) is 54.0 Å². The average Bonchev–Trinajstić information content (AvgIpc) is 3.46. The van der Waals surface area contributed by atoms with E-state index in [0.717, 1.165) is 17.4 Å². The fourth-order valence-electron chi connectivity index (χ4n) is 3.51. The Balaban J connectivity index is 1.53. The van der Waals surface area contributed by atoms with Crippen LogP contribution in [0.2, 0.25) is 0 Å². The van der Waals surface area contributed by atoms with Crippen molar-refractivity contribution in [1.29, 1.82) is 0 Å². The van der Waals surface area contributed by atoms with E-state index in [1.807, 2.05) is 35.8 Å². The molecule has 0 bridgehead atoms. The molecule has 0 amide bonds. The summed E-state index contributed by atoms with van der Waals surface area (Å²) in [4.78, 5) is 12.7. The summed E-state index contributed by atoms with van der Waals surface area (Å²) >= 11 is 0. The first-order chi connectivity index (χ1) is 15.6. The number of nitrogens with zero attached hydrogens (tertiary/aromatic N) is 3. The Hall–Kier alpha value is -4.01. The number of fused-ring (bicyclic) bond motifs is 1. The predicted octanol–water partition coefficient (Wildman–Crippen LogP) is 4.09. The number of rotatable bonds is 8. The summed E-state index contributed by atoms with van der Waals surface area (Å²) in [5.74, 6) is 1.32. The number of aryl methyl sites for hydroxylation is 1. The zero-order valence-corrected chi connectivity index (χ0v) is 18.2. The number of carbonyl (C=O) groups is 1. The molecule has 0 spiro atoms. The zero-order chi connectivity index (χ0) is 22.7. The molecular formula is C23H23N3O6. The molecule has 2 aromatic heterocycles. The van der Waals surface area contributed by atoms with Gasteiger partial charge in [-0.3, -0.25) is 0 Å². The SMILES string of the molecule is CCn1cc(C(=O)OCc2nnc(-c3cc(OC)c(OC)c(OC)c3)o2)c2ccccc21. The van der Waals surface area contributed by atoms with Crippen molar-refractivity contribution in [1.82, 2.24) is 14.8 Å². The summed E-state index contributed by atoms with van der Waals surface area (Å²) in [7, 11) is 4.57. The van der Waals surface area contributed by atoms with E-state index < -0.39 is 5.97 Å². The molecule has 2 aromatic carbocycles. The van der Waals surface area contributed by atoms with Crippen LogP contribution in [0.3, 0.4) is 0 Å². The number of methoxy groups -OCH3 is 3. The first-order valence-corrected chi connectivity index (χ1v) is 9.97. The van der Waals surface area contributed by atoms with Crippen LogP contribution in [-0.2, 0) is 17.9 Å². The normalized spacial score (nSPS) is 10.9. The van der Waals surface area contributed by atoms with Gasteiger partial charge in [-0.05, 0) is 25.1 Å². The molecule has 0 radical (unpaired) electrons. The second kappa shape index (κ2) is 9.01. The molecule has 0 aliphatic carbocycles. The Labute approximate surface area is 184 Å². The maximum absolute atomic E-state index is 12.7. The van der Waals surface area contributed by atoms with Gasteiger partial charge in [0.1, 0.15) is 0 Å². The maximum Gasteiger partial charge on any atom is 0.340 e. The van der Waals surface area contributed by atoms with Crippen LogP contribution in [0.1, 0.15) is 23.2 Å². The molecule has 0 saturated carbocycles. The van der Waals surface area contributed by atoms with Gasteiger partial charge in [0.15, 0.2) is 18.1 Å². The Morgan fingerprint density at radius 2 is 1.75 bits per heavy atom. The summed E-state index contributed by atoms with van der Waals surface area (Å²) in [6.07, 6.45) is 1.79. The summed E-state index contributed by atoms with van der Waals surface area (Å²) < 4.78 is 29.2. The minimum atomic E-state index is -0.457. The highest BCUT2D eigenvalue weighted by Crippen LogP contribution is 2.40. The van der Waals surface area contributed by atoms with E-state index >= 15 is 0 Å². The topological polar surface area (TPSA) is 97.8 Å². The van der Waals surface area contributed by atoms with E-state index in [0.29, 0.717) is 28.4 Å². The van der Waals surface area contributed by atoms with Crippen LogP contribution in [0.5, 0.6) is 17.2 Å². The van der Waals surface area contributed by atoms with Crippen LogP contribution in [0.15, 0.2) is 47.0 Å². The smallest absolute Gasteiger partial charge is 0.340 e. The number of hydrogen-bond acceptors (Lipinski definition) is 8. The van der Waals surface area contributed by atoms with E-state index in [1.165, 1.54) is 21.3 Å². The lowest BCUT2D eigenvalue weighted by atomic mass is 10.2. The molecule has 0 unspecified atom stereocenters. The number of benzene rings is 2. The monoisotopic (exact) mass is 437 g/mol. The molecule has 0 N–H and O–H groups in total. The van der Waals surface area contributed by atoms with Crippen LogP contribution in [-0.4, -0.2) is 42.1 Å². The van der Waals surface area contributed by atoms with Gasteiger partial charge < -0.3 is 27.9 Å². The average molecular weight is 437 g/mol. The van der Waals surface area contributed by atoms with Gasteiger partial charge in [0.25, 0.3) is 5.89 Å². The standard InChI is InChI=1S/C23H23N3O6/c1-5-26-12-16(15-8-6-7-9-17(15)26)23(27)31-13-20-24-25-22(32-20)14-10-18(28-2)21(30-4)19(11-14)29-3/h6-12H,5,13H2,1-4H3. The first kappa shape index (κ1) is 21.2. The van der Waals surface area contributed by atoms with E-state index in [2.05, 4.69) is 10.2 Å². The predicted molar refractivity (Wildman–Crippen MR) is 116 cm³/mol. The second-order valence-electron chi connectivity index (χ2n) is 6.84. The summed E-state index contributed by atoms with van der Waals surface area (Å²) in [5.41, 5.74) is 2.05. The molecular weight excluding hydrogens is 414 g/mol. The molecule has 0 saturated heterocycles. The fraction of sp³-hybridized carbons (Fsp3) is 0.261. The van der Waals surface area contributed by atoms with Crippen LogP contribution < -0.4 is 14.2 Å². The molecule has 0 aliphatic rings. The van der Waals surface area contributed by atoms with Gasteiger partial charge in [-0.1, -0.05) is 18.2 Å². The lowest BCUT2D eigenvalue weighted by molar-refractivity contribution is 0.0441. The molecule has 166 valence electrons. The molecule has 0 atom stereocenters. The summed E-state index contributed by atoms with van der Waals surface area (Å²) in [6, 6.07) is 11.1.